The van der Waals surface area contributed by atoms with Crippen molar-refractivity contribution in [2.75, 3.05) is 25.5 Å². The summed E-state index contributed by atoms with van der Waals surface area (Å²) in [6, 6.07) is 5.90. The molecule has 4 nitrogen and oxygen atoms in total. The average Bonchev–Trinajstić information content (AvgIpc) is 2.53. The van der Waals surface area contributed by atoms with Gasteiger partial charge in [0.25, 0.3) is 0 Å². The third-order valence-electron chi connectivity index (χ3n) is 4.34. The van der Waals surface area contributed by atoms with Crippen LogP contribution in [0.25, 0.3) is 5.57 Å². The molecular formula is C20H29ClN2O2. The van der Waals surface area contributed by atoms with E-state index >= 15 is 0 Å². The van der Waals surface area contributed by atoms with Gasteiger partial charge in [0.1, 0.15) is 0 Å². The van der Waals surface area contributed by atoms with Gasteiger partial charge in [0.05, 0.1) is 12.6 Å². The molecule has 1 amide bonds. The molecule has 0 saturated carbocycles. The molecule has 1 atom stereocenters. The molecule has 1 N–H and O–H groups in total. The Morgan fingerprint density at radius 3 is 2.72 bits per heavy atom. The van der Waals surface area contributed by atoms with Gasteiger partial charge < -0.3 is 15.0 Å². The van der Waals surface area contributed by atoms with E-state index in [0.717, 1.165) is 29.1 Å². The predicted molar refractivity (Wildman–Crippen MR) is 105 cm³/mol. The van der Waals surface area contributed by atoms with Gasteiger partial charge in [-0.15, -0.1) is 0 Å². The second-order valence-electron chi connectivity index (χ2n) is 7.61. The topological polar surface area (TPSA) is 41.6 Å². The number of rotatable bonds is 4. The molecule has 1 aliphatic heterocycles. The van der Waals surface area contributed by atoms with Gasteiger partial charge in [-0.25, -0.2) is 4.79 Å². The highest BCUT2D eigenvalue weighted by molar-refractivity contribution is 6.30. The molecule has 5 heteroatoms. The molecule has 1 heterocycles. The lowest BCUT2D eigenvalue weighted by Crippen LogP contribution is -2.44. The summed E-state index contributed by atoms with van der Waals surface area (Å²) >= 11 is 6.22. The van der Waals surface area contributed by atoms with Gasteiger partial charge in [-0.2, -0.15) is 0 Å². The number of ether oxygens (including phenoxy) is 1. The number of halogens is 1. The van der Waals surface area contributed by atoms with Crippen LogP contribution in [0.1, 0.15) is 46.1 Å². The molecule has 0 bridgehead atoms. The number of anilines is 1. The summed E-state index contributed by atoms with van der Waals surface area (Å²) in [4.78, 5) is 14.2. The average molecular weight is 365 g/mol. The molecule has 0 aliphatic carbocycles. The summed E-state index contributed by atoms with van der Waals surface area (Å²) in [6.45, 7) is 9.46. The smallest absolute Gasteiger partial charge is 0.410 e. The molecule has 1 aliphatic rings. The maximum Gasteiger partial charge on any atom is 0.410 e. The van der Waals surface area contributed by atoms with E-state index in [1.54, 1.807) is 0 Å². The number of nitrogens with one attached hydrogen (secondary N) is 1. The highest BCUT2D eigenvalue weighted by atomic mass is 35.5. The molecule has 0 fully saturated rings. The first-order valence-corrected chi connectivity index (χ1v) is 9.24. The van der Waals surface area contributed by atoms with E-state index in [4.69, 9.17) is 16.3 Å². The summed E-state index contributed by atoms with van der Waals surface area (Å²) in [5.74, 6) is 0. The largest absolute Gasteiger partial charge is 0.450 e. The Labute approximate surface area is 156 Å². The molecule has 1 aromatic carbocycles. The summed E-state index contributed by atoms with van der Waals surface area (Å²) < 4.78 is 5.26. The van der Waals surface area contributed by atoms with Gasteiger partial charge in [-0.05, 0) is 49.0 Å². The Morgan fingerprint density at radius 2 is 2.12 bits per heavy atom. The SMILES string of the molecule is CCOC(=O)N1CCC(c2cc(Cl)ccc2NC)=CC1CC(C)(C)C. The van der Waals surface area contributed by atoms with Crippen LogP contribution in [0, 0.1) is 5.41 Å². The Morgan fingerprint density at radius 1 is 1.40 bits per heavy atom. The van der Waals surface area contributed by atoms with Gasteiger partial charge in [-0.3, -0.25) is 0 Å². The summed E-state index contributed by atoms with van der Waals surface area (Å²) in [7, 11) is 1.91. The molecule has 0 radical (unpaired) electrons. The molecule has 0 spiro atoms. The minimum absolute atomic E-state index is 0.0199. The fourth-order valence-electron chi connectivity index (χ4n) is 3.27. The van der Waals surface area contributed by atoms with Crippen LogP contribution in [0.2, 0.25) is 5.02 Å². The number of carbonyl (C=O) groups is 1. The number of carbonyl (C=O) groups excluding carboxylic acids is 1. The van der Waals surface area contributed by atoms with Crippen LogP contribution in [0.3, 0.4) is 0 Å². The van der Waals surface area contributed by atoms with E-state index in [2.05, 4.69) is 32.2 Å². The van der Waals surface area contributed by atoms with Crippen LogP contribution in [-0.4, -0.2) is 37.2 Å². The Bertz CT molecular complexity index is 650. The maximum absolute atomic E-state index is 12.4. The van der Waals surface area contributed by atoms with Crippen molar-refractivity contribution in [3.05, 3.63) is 34.9 Å². The first-order valence-electron chi connectivity index (χ1n) is 8.87. The lowest BCUT2D eigenvalue weighted by Gasteiger charge is -2.37. The number of amides is 1. The Balaban J connectivity index is 2.39. The van der Waals surface area contributed by atoms with Crippen LogP contribution in [0.4, 0.5) is 10.5 Å². The normalized spacial score (nSPS) is 17.9. The van der Waals surface area contributed by atoms with Crippen LogP contribution in [-0.2, 0) is 4.74 Å². The second kappa shape index (κ2) is 8.13. The molecule has 25 heavy (non-hydrogen) atoms. The summed E-state index contributed by atoms with van der Waals surface area (Å²) in [5.41, 5.74) is 3.49. The number of benzene rings is 1. The predicted octanol–water partition coefficient (Wildman–Crippen LogP) is 5.43. The Kier molecular flexibility index (Phi) is 6.39. The van der Waals surface area contributed by atoms with E-state index in [-0.39, 0.29) is 17.6 Å². The zero-order valence-electron chi connectivity index (χ0n) is 15.9. The fourth-order valence-corrected chi connectivity index (χ4v) is 3.44. The van der Waals surface area contributed by atoms with Crippen LogP contribution in [0.5, 0.6) is 0 Å². The summed E-state index contributed by atoms with van der Waals surface area (Å²) in [5, 5.41) is 3.95. The van der Waals surface area contributed by atoms with Gasteiger partial charge in [0, 0.05) is 29.9 Å². The van der Waals surface area contributed by atoms with Crippen molar-refractivity contribution in [1.82, 2.24) is 4.90 Å². The van der Waals surface area contributed by atoms with Crippen molar-refractivity contribution in [3.8, 4) is 0 Å². The van der Waals surface area contributed by atoms with Crippen LogP contribution < -0.4 is 5.32 Å². The first kappa shape index (κ1) is 19.6. The van der Waals surface area contributed by atoms with E-state index in [1.807, 2.05) is 37.1 Å². The van der Waals surface area contributed by atoms with E-state index in [1.165, 1.54) is 5.57 Å². The highest BCUT2D eigenvalue weighted by Gasteiger charge is 2.31. The third kappa shape index (κ3) is 5.15. The van der Waals surface area contributed by atoms with Crippen molar-refractivity contribution in [3.63, 3.8) is 0 Å². The summed E-state index contributed by atoms with van der Waals surface area (Å²) in [6.07, 6.45) is 3.64. The number of hydrogen-bond acceptors (Lipinski definition) is 3. The molecule has 138 valence electrons. The van der Waals surface area contributed by atoms with Crippen molar-refractivity contribution < 1.29 is 9.53 Å². The van der Waals surface area contributed by atoms with Gasteiger partial charge in [0.2, 0.25) is 0 Å². The molecule has 0 saturated heterocycles. The standard InChI is InChI=1S/C20H29ClN2O2/c1-6-25-19(24)23-10-9-14(11-16(23)13-20(2,3)4)17-12-15(21)7-8-18(17)22-5/h7-8,11-12,16,22H,6,9-10,13H2,1-5H3. The second-order valence-corrected chi connectivity index (χ2v) is 8.04. The third-order valence-corrected chi connectivity index (χ3v) is 4.57. The molecule has 1 aromatic rings. The Hall–Kier alpha value is -1.68. The molecule has 0 aromatic heterocycles. The zero-order valence-corrected chi connectivity index (χ0v) is 16.6. The van der Waals surface area contributed by atoms with E-state index < -0.39 is 0 Å². The lowest BCUT2D eigenvalue weighted by atomic mass is 9.84. The zero-order chi connectivity index (χ0) is 18.6. The number of hydrogen-bond donors (Lipinski definition) is 1. The van der Waals surface area contributed by atoms with Crippen molar-refractivity contribution in [2.24, 2.45) is 5.41 Å². The van der Waals surface area contributed by atoms with Gasteiger partial charge in [0.15, 0.2) is 0 Å². The van der Waals surface area contributed by atoms with Gasteiger partial charge >= 0.3 is 6.09 Å². The highest BCUT2D eigenvalue weighted by Crippen LogP contribution is 2.35. The monoisotopic (exact) mass is 364 g/mol. The van der Waals surface area contributed by atoms with Gasteiger partial charge in [-0.1, -0.05) is 38.4 Å². The maximum atomic E-state index is 12.4. The molecule has 1 unspecified atom stereocenters. The number of nitrogens with zero attached hydrogens (tertiary/aromatic N) is 1. The van der Waals surface area contributed by atoms with Crippen molar-refractivity contribution in [1.29, 1.82) is 0 Å². The van der Waals surface area contributed by atoms with E-state index in [0.29, 0.717) is 13.2 Å². The van der Waals surface area contributed by atoms with Crippen molar-refractivity contribution >= 4 is 29.0 Å². The lowest BCUT2D eigenvalue weighted by molar-refractivity contribution is 0.0888. The quantitative estimate of drug-likeness (QED) is 0.774. The van der Waals surface area contributed by atoms with Crippen LogP contribution >= 0.6 is 11.6 Å². The van der Waals surface area contributed by atoms with Crippen molar-refractivity contribution in [2.45, 2.75) is 46.6 Å². The minimum Gasteiger partial charge on any atom is -0.450 e. The molecular weight excluding hydrogens is 336 g/mol. The van der Waals surface area contributed by atoms with E-state index in [9.17, 15) is 4.79 Å². The first-order chi connectivity index (χ1) is 11.7. The van der Waals surface area contributed by atoms with Crippen LogP contribution in [0.15, 0.2) is 24.3 Å². The minimum atomic E-state index is -0.230. The molecule has 2 rings (SSSR count). The fraction of sp³-hybridized carbons (Fsp3) is 0.550.